The number of H-pyrrole nitrogens is 1. The Kier molecular flexibility index (Phi) is 3.35. The lowest BCUT2D eigenvalue weighted by molar-refractivity contribution is 0.629. The zero-order valence-electron chi connectivity index (χ0n) is 10.7. The third-order valence-electron chi connectivity index (χ3n) is 3.31. The minimum atomic E-state index is -0.195. The molecular weight excluding hydrogens is 243 g/mol. The van der Waals surface area contributed by atoms with E-state index in [1.807, 2.05) is 6.20 Å². The van der Waals surface area contributed by atoms with Crippen molar-refractivity contribution in [1.82, 2.24) is 15.6 Å². The normalized spacial score (nSPS) is 15.1. The average Bonchev–Trinajstić information content (AvgIpc) is 2.83. The molecule has 0 aliphatic carbocycles. The van der Waals surface area contributed by atoms with E-state index in [0.29, 0.717) is 0 Å². The number of hydrogen-bond acceptors (Lipinski definition) is 3. The predicted molar refractivity (Wildman–Crippen MR) is 74.9 cm³/mol. The molecule has 0 saturated carbocycles. The molecule has 0 amide bonds. The van der Waals surface area contributed by atoms with Crippen LogP contribution >= 0.6 is 0 Å². The molecule has 0 atom stereocenters. The topological polar surface area (TPSA) is 52.2 Å². The number of aromatic amines is 1. The molecule has 3 rings (SSSR count). The van der Waals surface area contributed by atoms with Crippen molar-refractivity contribution < 1.29 is 4.39 Å². The molecule has 100 valence electrons. The van der Waals surface area contributed by atoms with E-state index in [4.69, 9.17) is 0 Å². The standard InChI is InChI=1S/C14H17FN4/c15-11-2-3-13-12(8-11)10(9-19-13)4-7-18-14-16-5-1-6-17-14/h2-3,8-9,19H,1,4-7H2,(H2,16,17,18). The fraction of sp³-hybridized carbons (Fsp3) is 0.357. The maximum absolute atomic E-state index is 13.2. The molecule has 0 saturated heterocycles. The number of aromatic nitrogens is 1. The fourth-order valence-electron chi connectivity index (χ4n) is 2.32. The number of nitrogens with one attached hydrogen (secondary N) is 3. The van der Waals surface area contributed by atoms with Gasteiger partial charge in [-0.25, -0.2) is 4.39 Å². The van der Waals surface area contributed by atoms with Crippen LogP contribution in [0.4, 0.5) is 4.39 Å². The van der Waals surface area contributed by atoms with Gasteiger partial charge in [0.1, 0.15) is 5.82 Å². The molecule has 0 bridgehead atoms. The van der Waals surface area contributed by atoms with Crippen molar-refractivity contribution in [3.8, 4) is 0 Å². The van der Waals surface area contributed by atoms with Crippen LogP contribution in [0.25, 0.3) is 10.9 Å². The Morgan fingerprint density at radius 2 is 2.32 bits per heavy atom. The molecule has 2 aromatic rings. The van der Waals surface area contributed by atoms with Gasteiger partial charge in [0.15, 0.2) is 5.96 Å². The lowest BCUT2D eigenvalue weighted by Crippen LogP contribution is -2.41. The Bertz CT molecular complexity index is 603. The van der Waals surface area contributed by atoms with E-state index in [1.165, 1.54) is 6.07 Å². The predicted octanol–water partition coefficient (Wildman–Crippen LogP) is 1.79. The highest BCUT2D eigenvalue weighted by Gasteiger charge is 2.06. The zero-order chi connectivity index (χ0) is 13.1. The van der Waals surface area contributed by atoms with Gasteiger partial charge < -0.3 is 15.6 Å². The monoisotopic (exact) mass is 260 g/mol. The van der Waals surface area contributed by atoms with E-state index in [-0.39, 0.29) is 5.82 Å². The summed E-state index contributed by atoms with van der Waals surface area (Å²) in [6.07, 6.45) is 3.87. The Morgan fingerprint density at radius 1 is 1.37 bits per heavy atom. The number of guanidine groups is 1. The van der Waals surface area contributed by atoms with E-state index >= 15 is 0 Å². The number of nitrogens with zero attached hydrogens (tertiary/aromatic N) is 1. The van der Waals surface area contributed by atoms with Crippen molar-refractivity contribution in [2.75, 3.05) is 19.6 Å². The summed E-state index contributed by atoms with van der Waals surface area (Å²) in [6, 6.07) is 4.83. The van der Waals surface area contributed by atoms with Crippen molar-refractivity contribution in [2.24, 2.45) is 4.99 Å². The molecule has 1 aromatic carbocycles. The molecule has 0 fully saturated rings. The van der Waals surface area contributed by atoms with Gasteiger partial charge in [-0.05, 0) is 36.6 Å². The number of rotatable bonds is 3. The lowest BCUT2D eigenvalue weighted by Gasteiger charge is -2.15. The van der Waals surface area contributed by atoms with E-state index in [9.17, 15) is 4.39 Å². The Balaban J connectivity index is 1.65. The highest BCUT2D eigenvalue weighted by atomic mass is 19.1. The van der Waals surface area contributed by atoms with Crippen molar-refractivity contribution >= 4 is 16.9 Å². The van der Waals surface area contributed by atoms with Crippen molar-refractivity contribution in [3.05, 3.63) is 35.8 Å². The highest BCUT2D eigenvalue weighted by molar-refractivity contribution is 5.83. The molecule has 0 spiro atoms. The molecule has 1 aliphatic rings. The Hall–Kier alpha value is -2.04. The second kappa shape index (κ2) is 5.30. The summed E-state index contributed by atoms with van der Waals surface area (Å²) < 4.78 is 13.2. The van der Waals surface area contributed by atoms with Gasteiger partial charge in [0, 0.05) is 36.7 Å². The fourth-order valence-corrected chi connectivity index (χ4v) is 2.32. The SMILES string of the molecule is Fc1ccc2[nH]cc(CCNC3=NCCCN3)c2c1. The smallest absolute Gasteiger partial charge is 0.191 e. The Labute approximate surface area is 111 Å². The maximum Gasteiger partial charge on any atom is 0.191 e. The highest BCUT2D eigenvalue weighted by Crippen LogP contribution is 2.19. The van der Waals surface area contributed by atoms with Gasteiger partial charge in [-0.1, -0.05) is 0 Å². The summed E-state index contributed by atoms with van der Waals surface area (Å²) in [6.45, 7) is 2.65. The van der Waals surface area contributed by atoms with Gasteiger partial charge in [-0.15, -0.1) is 0 Å². The van der Waals surface area contributed by atoms with Crippen molar-refractivity contribution in [1.29, 1.82) is 0 Å². The van der Waals surface area contributed by atoms with Crippen LogP contribution in [-0.4, -0.2) is 30.6 Å². The largest absolute Gasteiger partial charge is 0.361 e. The van der Waals surface area contributed by atoms with E-state index in [1.54, 1.807) is 12.1 Å². The first-order valence-electron chi connectivity index (χ1n) is 6.60. The molecule has 4 nitrogen and oxygen atoms in total. The molecule has 3 N–H and O–H groups in total. The summed E-state index contributed by atoms with van der Waals surface area (Å²) in [4.78, 5) is 7.51. The molecule has 1 aliphatic heterocycles. The third kappa shape index (κ3) is 2.70. The van der Waals surface area contributed by atoms with Gasteiger partial charge in [0.05, 0.1) is 0 Å². The van der Waals surface area contributed by atoms with Crippen LogP contribution in [-0.2, 0) is 6.42 Å². The van der Waals surface area contributed by atoms with Crippen LogP contribution in [0.1, 0.15) is 12.0 Å². The average molecular weight is 260 g/mol. The first kappa shape index (κ1) is 12.0. The van der Waals surface area contributed by atoms with Crippen LogP contribution in [0, 0.1) is 5.82 Å². The van der Waals surface area contributed by atoms with Crippen molar-refractivity contribution in [2.45, 2.75) is 12.8 Å². The Morgan fingerprint density at radius 3 is 3.16 bits per heavy atom. The summed E-state index contributed by atoms with van der Waals surface area (Å²) >= 11 is 0. The summed E-state index contributed by atoms with van der Waals surface area (Å²) in [5, 5.41) is 7.45. The molecule has 0 unspecified atom stereocenters. The second-order valence-electron chi connectivity index (χ2n) is 4.69. The van der Waals surface area contributed by atoms with Gasteiger partial charge in [0.2, 0.25) is 0 Å². The number of aliphatic imine (C=N–C) groups is 1. The van der Waals surface area contributed by atoms with E-state index < -0.39 is 0 Å². The van der Waals surface area contributed by atoms with Crippen LogP contribution < -0.4 is 10.6 Å². The molecule has 2 heterocycles. The van der Waals surface area contributed by atoms with Gasteiger partial charge in [-0.2, -0.15) is 0 Å². The number of halogens is 1. The molecule has 5 heteroatoms. The van der Waals surface area contributed by atoms with E-state index in [2.05, 4.69) is 20.6 Å². The zero-order valence-corrected chi connectivity index (χ0v) is 10.7. The first-order valence-corrected chi connectivity index (χ1v) is 6.60. The van der Waals surface area contributed by atoms with Crippen LogP contribution in [0.2, 0.25) is 0 Å². The summed E-state index contributed by atoms with van der Waals surface area (Å²) in [7, 11) is 0. The number of hydrogen-bond donors (Lipinski definition) is 3. The molecule has 1 aromatic heterocycles. The molecular formula is C14H17FN4. The number of benzene rings is 1. The molecule has 19 heavy (non-hydrogen) atoms. The minimum absolute atomic E-state index is 0.195. The molecule has 0 radical (unpaired) electrons. The quantitative estimate of drug-likeness (QED) is 0.788. The van der Waals surface area contributed by atoms with Gasteiger partial charge in [0.25, 0.3) is 0 Å². The lowest BCUT2D eigenvalue weighted by atomic mass is 10.1. The van der Waals surface area contributed by atoms with E-state index in [0.717, 1.165) is 54.9 Å². The van der Waals surface area contributed by atoms with Gasteiger partial charge >= 0.3 is 0 Å². The summed E-state index contributed by atoms with van der Waals surface area (Å²) in [5.41, 5.74) is 2.10. The van der Waals surface area contributed by atoms with Crippen molar-refractivity contribution in [3.63, 3.8) is 0 Å². The first-order chi connectivity index (χ1) is 9.33. The van der Waals surface area contributed by atoms with Crippen LogP contribution in [0.5, 0.6) is 0 Å². The van der Waals surface area contributed by atoms with Crippen LogP contribution in [0.15, 0.2) is 29.4 Å². The van der Waals surface area contributed by atoms with Crippen LogP contribution in [0.3, 0.4) is 0 Å². The second-order valence-corrected chi connectivity index (χ2v) is 4.69. The third-order valence-corrected chi connectivity index (χ3v) is 3.31. The minimum Gasteiger partial charge on any atom is -0.361 e. The number of fused-ring (bicyclic) bond motifs is 1. The maximum atomic E-state index is 13.2. The summed E-state index contributed by atoms with van der Waals surface area (Å²) in [5.74, 6) is 0.678. The van der Waals surface area contributed by atoms with Gasteiger partial charge in [-0.3, -0.25) is 4.99 Å².